The molecular formula is C18H21NO3. The van der Waals surface area contributed by atoms with Crippen molar-refractivity contribution < 1.29 is 15.0 Å². The van der Waals surface area contributed by atoms with E-state index in [0.717, 1.165) is 0 Å². The molecule has 1 rings (SSSR count). The van der Waals surface area contributed by atoms with Gasteiger partial charge in [0, 0.05) is 18.4 Å². The highest BCUT2D eigenvalue weighted by Gasteiger charge is 2.14. The van der Waals surface area contributed by atoms with Crippen LogP contribution in [0, 0.1) is 24.2 Å². The molecule has 1 aromatic rings. The number of aliphatic hydroxyl groups is 2. The van der Waals surface area contributed by atoms with E-state index in [1.165, 1.54) is 0 Å². The third-order valence-corrected chi connectivity index (χ3v) is 3.04. The second-order valence-electron chi connectivity index (χ2n) is 4.84. The maximum atomic E-state index is 12.0. The van der Waals surface area contributed by atoms with E-state index < -0.39 is 12.1 Å². The average molecular weight is 299 g/mol. The van der Waals surface area contributed by atoms with E-state index in [2.05, 4.69) is 23.1 Å². The van der Waals surface area contributed by atoms with Gasteiger partial charge in [0.2, 0.25) is 0 Å². The molecule has 0 spiro atoms. The first-order valence-corrected chi connectivity index (χ1v) is 7.24. The van der Waals surface area contributed by atoms with Gasteiger partial charge in [0.15, 0.2) is 0 Å². The van der Waals surface area contributed by atoms with E-state index in [4.69, 9.17) is 6.42 Å². The van der Waals surface area contributed by atoms with Crippen molar-refractivity contribution in [2.75, 3.05) is 6.61 Å². The van der Waals surface area contributed by atoms with Crippen molar-refractivity contribution in [3.8, 4) is 24.2 Å². The van der Waals surface area contributed by atoms with Crippen LogP contribution in [-0.4, -0.2) is 34.9 Å². The lowest BCUT2D eigenvalue weighted by Gasteiger charge is -2.16. The molecule has 1 amide bonds. The van der Waals surface area contributed by atoms with Gasteiger partial charge in [-0.3, -0.25) is 4.79 Å². The third kappa shape index (κ3) is 6.95. The summed E-state index contributed by atoms with van der Waals surface area (Å²) in [4.78, 5) is 12.0. The van der Waals surface area contributed by atoms with Gasteiger partial charge in [-0.25, -0.2) is 0 Å². The minimum absolute atomic E-state index is 0.185. The zero-order valence-corrected chi connectivity index (χ0v) is 12.5. The van der Waals surface area contributed by atoms with Gasteiger partial charge in [-0.05, 0) is 25.0 Å². The van der Waals surface area contributed by atoms with E-state index in [0.29, 0.717) is 31.2 Å². The first-order valence-electron chi connectivity index (χ1n) is 7.24. The minimum atomic E-state index is -0.777. The summed E-state index contributed by atoms with van der Waals surface area (Å²) < 4.78 is 0. The number of hydrogen-bond acceptors (Lipinski definition) is 3. The Morgan fingerprint density at radius 2 is 1.95 bits per heavy atom. The Morgan fingerprint density at radius 3 is 2.59 bits per heavy atom. The van der Waals surface area contributed by atoms with Crippen LogP contribution < -0.4 is 5.32 Å². The second kappa shape index (κ2) is 10.5. The number of terminal acetylenes is 1. The highest BCUT2D eigenvalue weighted by Crippen LogP contribution is 2.04. The Labute approximate surface area is 131 Å². The first kappa shape index (κ1) is 17.8. The highest BCUT2D eigenvalue weighted by atomic mass is 16.3. The molecule has 0 heterocycles. The van der Waals surface area contributed by atoms with E-state index >= 15 is 0 Å². The van der Waals surface area contributed by atoms with Gasteiger partial charge in [-0.15, -0.1) is 12.3 Å². The van der Waals surface area contributed by atoms with E-state index in [1.54, 1.807) is 24.3 Å². The Hall–Kier alpha value is -2.27. The molecule has 0 aliphatic rings. The van der Waals surface area contributed by atoms with Crippen molar-refractivity contribution in [1.82, 2.24) is 5.32 Å². The summed E-state index contributed by atoms with van der Waals surface area (Å²) in [7, 11) is 0. The number of carbonyl (C=O) groups is 1. The number of carbonyl (C=O) groups excluding carboxylic acids is 1. The van der Waals surface area contributed by atoms with Crippen LogP contribution in [0.15, 0.2) is 30.3 Å². The van der Waals surface area contributed by atoms with Crippen LogP contribution in [0.4, 0.5) is 0 Å². The van der Waals surface area contributed by atoms with Crippen LogP contribution >= 0.6 is 0 Å². The number of unbranched alkanes of at least 4 members (excludes halogenated alkanes) is 1. The summed E-state index contributed by atoms with van der Waals surface area (Å²) in [6, 6.07) is 8.38. The third-order valence-electron chi connectivity index (χ3n) is 3.04. The van der Waals surface area contributed by atoms with Gasteiger partial charge in [-0.1, -0.05) is 30.0 Å². The number of nitrogens with one attached hydrogen (secondary N) is 1. The molecule has 116 valence electrons. The summed E-state index contributed by atoms with van der Waals surface area (Å²) >= 11 is 0. The largest absolute Gasteiger partial charge is 0.394 e. The lowest BCUT2D eigenvalue weighted by atomic mass is 10.1. The lowest BCUT2D eigenvalue weighted by Crippen LogP contribution is -2.38. The number of hydrogen-bond donors (Lipinski definition) is 3. The topological polar surface area (TPSA) is 69.6 Å². The zero-order chi connectivity index (χ0) is 16.2. The summed E-state index contributed by atoms with van der Waals surface area (Å²) in [6.45, 7) is -0.185. The van der Waals surface area contributed by atoms with Crippen molar-refractivity contribution >= 4 is 5.91 Å². The van der Waals surface area contributed by atoms with Crippen LogP contribution in [0.5, 0.6) is 0 Å². The average Bonchev–Trinajstić information content (AvgIpc) is 2.56. The Kier molecular flexibility index (Phi) is 8.45. The molecule has 0 fully saturated rings. The van der Waals surface area contributed by atoms with E-state index in [1.807, 2.05) is 6.07 Å². The first-order chi connectivity index (χ1) is 10.7. The molecule has 0 bridgehead atoms. The van der Waals surface area contributed by atoms with Crippen molar-refractivity contribution in [1.29, 1.82) is 0 Å². The number of aliphatic hydroxyl groups excluding tert-OH is 2. The minimum Gasteiger partial charge on any atom is -0.394 e. The maximum Gasteiger partial charge on any atom is 0.251 e. The standard InChI is InChI=1S/C18H21NO3/c1-2-3-4-8-11-17(21)13-12-16(14-20)19-18(22)15-9-6-5-7-10-15/h1,5-7,9-10,16-17,20-21H,3-4,12-14H2,(H,19,22). The van der Waals surface area contributed by atoms with Crippen LogP contribution in [0.3, 0.4) is 0 Å². The van der Waals surface area contributed by atoms with Gasteiger partial charge in [0.1, 0.15) is 6.10 Å². The van der Waals surface area contributed by atoms with Crippen molar-refractivity contribution in [2.45, 2.75) is 37.8 Å². The Balaban J connectivity index is 2.40. The van der Waals surface area contributed by atoms with Gasteiger partial charge >= 0.3 is 0 Å². The van der Waals surface area contributed by atoms with Crippen LogP contribution in [0.1, 0.15) is 36.0 Å². The van der Waals surface area contributed by atoms with Crippen LogP contribution in [0.25, 0.3) is 0 Å². The van der Waals surface area contributed by atoms with Gasteiger partial charge in [0.25, 0.3) is 5.91 Å². The van der Waals surface area contributed by atoms with Crippen LogP contribution in [-0.2, 0) is 0 Å². The smallest absolute Gasteiger partial charge is 0.251 e. The molecule has 22 heavy (non-hydrogen) atoms. The number of rotatable bonds is 7. The molecule has 1 aromatic carbocycles. The number of amides is 1. The predicted molar refractivity (Wildman–Crippen MR) is 85.9 cm³/mol. The van der Waals surface area contributed by atoms with E-state index in [-0.39, 0.29) is 12.5 Å². The molecule has 2 unspecified atom stereocenters. The predicted octanol–water partition coefficient (Wildman–Crippen LogP) is 1.34. The Bertz CT molecular complexity index is 551. The highest BCUT2D eigenvalue weighted by molar-refractivity contribution is 5.94. The zero-order valence-electron chi connectivity index (χ0n) is 12.5. The molecule has 0 aliphatic carbocycles. The fourth-order valence-corrected chi connectivity index (χ4v) is 1.82. The fourth-order valence-electron chi connectivity index (χ4n) is 1.82. The number of benzene rings is 1. The molecule has 4 nitrogen and oxygen atoms in total. The lowest BCUT2D eigenvalue weighted by molar-refractivity contribution is 0.0906. The van der Waals surface area contributed by atoms with E-state index in [9.17, 15) is 15.0 Å². The molecule has 0 aliphatic heterocycles. The summed E-state index contributed by atoms with van der Waals surface area (Å²) in [5.74, 6) is 7.73. The molecular weight excluding hydrogens is 278 g/mol. The monoisotopic (exact) mass is 299 g/mol. The summed E-state index contributed by atoms with van der Waals surface area (Å²) in [6.07, 6.45) is 6.27. The van der Waals surface area contributed by atoms with Crippen LogP contribution in [0.2, 0.25) is 0 Å². The molecule has 0 saturated carbocycles. The summed E-state index contributed by atoms with van der Waals surface area (Å²) in [5.41, 5.74) is 0.538. The molecule has 3 N–H and O–H groups in total. The molecule has 0 aromatic heterocycles. The second-order valence-corrected chi connectivity index (χ2v) is 4.84. The molecule has 4 heteroatoms. The van der Waals surface area contributed by atoms with Gasteiger partial charge in [0.05, 0.1) is 12.6 Å². The summed E-state index contributed by atoms with van der Waals surface area (Å²) in [5, 5.41) is 21.8. The van der Waals surface area contributed by atoms with Crippen molar-refractivity contribution in [3.05, 3.63) is 35.9 Å². The van der Waals surface area contributed by atoms with Crippen molar-refractivity contribution in [2.24, 2.45) is 0 Å². The maximum absolute atomic E-state index is 12.0. The molecule has 0 saturated heterocycles. The SMILES string of the molecule is C#CCCC#CC(O)CCC(CO)NC(=O)c1ccccc1. The molecule has 2 atom stereocenters. The quantitative estimate of drug-likeness (QED) is 0.525. The van der Waals surface area contributed by atoms with Crippen molar-refractivity contribution in [3.63, 3.8) is 0 Å². The van der Waals surface area contributed by atoms with Gasteiger partial charge < -0.3 is 15.5 Å². The fraction of sp³-hybridized carbons (Fsp3) is 0.389. The van der Waals surface area contributed by atoms with Gasteiger partial charge in [-0.2, -0.15) is 0 Å². The Morgan fingerprint density at radius 1 is 1.23 bits per heavy atom. The molecule has 0 radical (unpaired) electrons. The normalized spacial score (nSPS) is 12.4.